The number of nitrogens with zero attached hydrogens (tertiary/aromatic N) is 1. The lowest BCUT2D eigenvalue weighted by molar-refractivity contribution is -0.130. The maximum Gasteiger partial charge on any atom is 0.266 e. The Morgan fingerprint density at radius 3 is 2.45 bits per heavy atom. The zero-order valence-electron chi connectivity index (χ0n) is 22.7. The first-order chi connectivity index (χ1) is 20.4. The van der Waals surface area contributed by atoms with E-state index in [1.165, 1.54) is 0 Å². The van der Waals surface area contributed by atoms with Crippen LogP contribution in [0.5, 0.6) is 5.75 Å². The molecule has 1 heterocycles. The standard InChI is InChI=1S/C31H33Cl2N3O6/c32-23-11-14-26(27(33)18-23)28-31(30(40)36-35-24(19-38)20-39,15-4-8-21-6-2-1-3-7-21)34-29(42-28)22-9-12-25(13-10-22)41-17-5-16-37/h1-4,6-14,18,24,28,35,37-39H,5,15-17,19-20H2,(H,36,40)/b8-4+/t28-,31-/m0/s1. The normalized spacial score (nSPS) is 18.2. The van der Waals surface area contributed by atoms with Crippen molar-refractivity contribution in [3.8, 4) is 5.75 Å². The van der Waals surface area contributed by atoms with E-state index in [0.717, 1.165) is 5.56 Å². The number of carbonyl (C=O) groups excluding carboxylic acids is 1. The van der Waals surface area contributed by atoms with Crippen molar-refractivity contribution in [1.82, 2.24) is 10.9 Å². The number of nitrogens with one attached hydrogen (secondary N) is 2. The van der Waals surface area contributed by atoms with Gasteiger partial charge in [0.2, 0.25) is 5.90 Å². The summed E-state index contributed by atoms with van der Waals surface area (Å²) in [5, 5.41) is 28.8. The molecule has 4 rings (SSSR count). The van der Waals surface area contributed by atoms with E-state index in [1.807, 2.05) is 42.5 Å². The Labute approximate surface area is 254 Å². The molecule has 0 radical (unpaired) electrons. The van der Waals surface area contributed by atoms with Gasteiger partial charge in [-0.3, -0.25) is 10.2 Å². The van der Waals surface area contributed by atoms with Gasteiger partial charge in [0.15, 0.2) is 11.6 Å². The molecule has 11 heteroatoms. The van der Waals surface area contributed by atoms with E-state index in [0.29, 0.717) is 39.9 Å². The van der Waals surface area contributed by atoms with Gasteiger partial charge in [-0.1, -0.05) is 71.8 Å². The molecule has 42 heavy (non-hydrogen) atoms. The summed E-state index contributed by atoms with van der Waals surface area (Å²) in [6.45, 7) is -0.395. The highest BCUT2D eigenvalue weighted by atomic mass is 35.5. The van der Waals surface area contributed by atoms with Gasteiger partial charge in [0, 0.05) is 40.6 Å². The van der Waals surface area contributed by atoms with Crippen LogP contribution in [0.25, 0.3) is 6.08 Å². The number of benzene rings is 3. The molecule has 0 fully saturated rings. The van der Waals surface area contributed by atoms with Crippen LogP contribution in [0.3, 0.4) is 0 Å². The third kappa shape index (κ3) is 7.69. The Balaban J connectivity index is 1.76. The van der Waals surface area contributed by atoms with E-state index in [2.05, 4.69) is 10.9 Å². The van der Waals surface area contributed by atoms with Crippen LogP contribution < -0.4 is 15.6 Å². The average molecular weight is 615 g/mol. The topological polar surface area (TPSA) is 133 Å². The molecule has 0 bridgehead atoms. The molecule has 1 aliphatic heterocycles. The van der Waals surface area contributed by atoms with Crippen LogP contribution in [0.4, 0.5) is 0 Å². The summed E-state index contributed by atoms with van der Waals surface area (Å²) in [5.74, 6) is 0.278. The minimum Gasteiger partial charge on any atom is -0.494 e. The van der Waals surface area contributed by atoms with Gasteiger partial charge in [0.05, 0.1) is 25.9 Å². The molecule has 0 spiro atoms. The Morgan fingerprint density at radius 1 is 1.05 bits per heavy atom. The molecule has 9 nitrogen and oxygen atoms in total. The molecule has 1 aliphatic rings. The summed E-state index contributed by atoms with van der Waals surface area (Å²) >= 11 is 12.8. The lowest BCUT2D eigenvalue weighted by Gasteiger charge is -2.31. The SMILES string of the molecule is O=C(NNC(CO)CO)[C@@]1(C/C=C/c2ccccc2)N=C(c2ccc(OCCCO)cc2)O[C@H]1c1ccc(Cl)cc1Cl. The van der Waals surface area contributed by atoms with Crippen LogP contribution in [0.2, 0.25) is 10.0 Å². The molecule has 0 aliphatic carbocycles. The first kappa shape index (κ1) is 31.5. The van der Waals surface area contributed by atoms with Crippen LogP contribution >= 0.6 is 23.2 Å². The summed E-state index contributed by atoms with van der Waals surface area (Å²) in [6, 6.07) is 20.8. The summed E-state index contributed by atoms with van der Waals surface area (Å²) in [6.07, 6.45) is 3.40. The van der Waals surface area contributed by atoms with Crippen LogP contribution in [0, 0.1) is 0 Å². The molecule has 0 aromatic heterocycles. The monoisotopic (exact) mass is 613 g/mol. The zero-order chi connectivity index (χ0) is 30.0. The van der Waals surface area contributed by atoms with E-state index in [9.17, 15) is 15.0 Å². The summed E-state index contributed by atoms with van der Waals surface area (Å²) in [7, 11) is 0. The van der Waals surface area contributed by atoms with Crippen molar-refractivity contribution < 1.29 is 29.6 Å². The van der Waals surface area contributed by atoms with E-state index in [4.69, 9.17) is 42.8 Å². The van der Waals surface area contributed by atoms with Crippen molar-refractivity contribution in [1.29, 1.82) is 0 Å². The molecule has 3 aromatic carbocycles. The fourth-order valence-corrected chi connectivity index (χ4v) is 4.88. The maximum atomic E-state index is 14.0. The minimum atomic E-state index is -1.54. The first-order valence-electron chi connectivity index (χ1n) is 13.4. The molecule has 5 N–H and O–H groups in total. The van der Waals surface area contributed by atoms with Crippen LogP contribution in [-0.4, -0.2) is 65.1 Å². The Bertz CT molecular complexity index is 1380. The minimum absolute atomic E-state index is 0.0342. The predicted octanol–water partition coefficient (Wildman–Crippen LogP) is 4.09. The van der Waals surface area contributed by atoms with E-state index in [-0.39, 0.29) is 18.9 Å². The summed E-state index contributed by atoms with van der Waals surface area (Å²) in [4.78, 5) is 18.9. The number of hydrogen-bond donors (Lipinski definition) is 5. The average Bonchev–Trinajstić information content (AvgIpc) is 3.39. The quantitative estimate of drug-likeness (QED) is 0.137. The highest BCUT2D eigenvalue weighted by molar-refractivity contribution is 6.35. The number of aliphatic hydroxyl groups is 3. The van der Waals surface area contributed by atoms with Crippen molar-refractivity contribution in [2.24, 2.45) is 4.99 Å². The zero-order valence-corrected chi connectivity index (χ0v) is 24.3. The third-order valence-corrected chi connectivity index (χ3v) is 7.21. The number of carbonyl (C=O) groups is 1. The molecule has 1 amide bonds. The molecule has 2 atom stereocenters. The summed E-state index contributed by atoms with van der Waals surface area (Å²) in [5.41, 5.74) is 5.80. The fourth-order valence-electron chi connectivity index (χ4n) is 4.37. The largest absolute Gasteiger partial charge is 0.494 e. The smallest absolute Gasteiger partial charge is 0.266 e. The van der Waals surface area contributed by atoms with Gasteiger partial charge in [0.1, 0.15) is 5.75 Å². The van der Waals surface area contributed by atoms with Gasteiger partial charge in [0.25, 0.3) is 5.91 Å². The van der Waals surface area contributed by atoms with E-state index >= 15 is 0 Å². The molecular formula is C31H33Cl2N3O6. The number of amides is 1. The van der Waals surface area contributed by atoms with Crippen LogP contribution in [0.1, 0.15) is 35.6 Å². The highest BCUT2D eigenvalue weighted by Gasteiger charge is 2.53. The third-order valence-electron chi connectivity index (χ3n) is 6.64. The van der Waals surface area contributed by atoms with Gasteiger partial charge >= 0.3 is 0 Å². The number of ether oxygens (including phenoxy) is 2. The summed E-state index contributed by atoms with van der Waals surface area (Å²) < 4.78 is 12.1. The number of aliphatic imine (C=N–C) groups is 1. The van der Waals surface area contributed by atoms with Gasteiger partial charge in [-0.2, -0.15) is 0 Å². The number of halogens is 2. The van der Waals surface area contributed by atoms with Crippen molar-refractivity contribution in [2.45, 2.75) is 30.5 Å². The van der Waals surface area contributed by atoms with Gasteiger partial charge < -0.3 is 24.8 Å². The molecule has 3 aromatic rings. The van der Waals surface area contributed by atoms with Crippen LogP contribution in [-0.2, 0) is 9.53 Å². The first-order valence-corrected chi connectivity index (χ1v) is 14.2. The van der Waals surface area contributed by atoms with Crippen molar-refractivity contribution in [3.63, 3.8) is 0 Å². The number of rotatable bonds is 14. The Hall–Kier alpha value is -3.44. The predicted molar refractivity (Wildman–Crippen MR) is 163 cm³/mol. The molecule has 0 saturated heterocycles. The molecule has 222 valence electrons. The second-order valence-electron chi connectivity index (χ2n) is 9.63. The number of hydrazine groups is 1. The van der Waals surface area contributed by atoms with Crippen molar-refractivity contribution >= 4 is 41.1 Å². The molecule has 0 saturated carbocycles. The number of hydrogen-bond acceptors (Lipinski definition) is 8. The Morgan fingerprint density at radius 2 is 1.79 bits per heavy atom. The molecule has 0 unspecified atom stereocenters. The Kier molecular flexibility index (Phi) is 11.4. The second kappa shape index (κ2) is 15.2. The van der Waals surface area contributed by atoms with Crippen molar-refractivity contribution in [2.75, 3.05) is 26.4 Å². The van der Waals surface area contributed by atoms with E-state index in [1.54, 1.807) is 42.5 Å². The van der Waals surface area contributed by atoms with Gasteiger partial charge in [-0.05, 0) is 42.0 Å². The number of aliphatic hydroxyl groups excluding tert-OH is 3. The maximum absolute atomic E-state index is 14.0. The lowest BCUT2D eigenvalue weighted by Crippen LogP contribution is -2.56. The highest BCUT2D eigenvalue weighted by Crippen LogP contribution is 2.45. The van der Waals surface area contributed by atoms with Gasteiger partial charge in [-0.15, -0.1) is 0 Å². The van der Waals surface area contributed by atoms with E-state index < -0.39 is 36.8 Å². The second-order valence-corrected chi connectivity index (χ2v) is 10.5. The molecular weight excluding hydrogens is 581 g/mol. The van der Waals surface area contributed by atoms with Crippen LogP contribution in [0.15, 0.2) is 83.9 Å². The lowest BCUT2D eigenvalue weighted by atomic mass is 9.84. The fraction of sp³-hybridized carbons (Fsp3) is 0.290. The van der Waals surface area contributed by atoms with Crippen molar-refractivity contribution in [3.05, 3.63) is 106 Å². The van der Waals surface area contributed by atoms with Gasteiger partial charge in [-0.25, -0.2) is 10.4 Å².